The van der Waals surface area contributed by atoms with Crippen LogP contribution in [0.25, 0.3) is 0 Å². The minimum Gasteiger partial charge on any atom is -0.497 e. The van der Waals surface area contributed by atoms with Crippen molar-refractivity contribution in [2.75, 3.05) is 20.2 Å². The maximum atomic E-state index is 12.1. The largest absolute Gasteiger partial charge is 0.497 e. The molecule has 1 aliphatic carbocycles. The molecule has 1 fully saturated rings. The molecule has 0 atom stereocenters. The number of aliphatic hydroxyl groups is 1. The molecular formula is C19H30N4O3. The van der Waals surface area contributed by atoms with Gasteiger partial charge in [0.2, 0.25) is 5.91 Å². The third-order valence-electron chi connectivity index (χ3n) is 4.41. The average Bonchev–Trinajstić information content (AvgIpc) is 2.66. The number of hydrogen-bond acceptors (Lipinski definition) is 4. The molecule has 0 unspecified atom stereocenters. The van der Waals surface area contributed by atoms with Crippen molar-refractivity contribution in [2.45, 2.75) is 51.3 Å². The summed E-state index contributed by atoms with van der Waals surface area (Å²) >= 11 is 0. The van der Waals surface area contributed by atoms with E-state index in [0.29, 0.717) is 18.5 Å². The number of carbonyl (C=O) groups is 1. The maximum Gasteiger partial charge on any atom is 0.242 e. The van der Waals surface area contributed by atoms with E-state index in [1.165, 1.54) is 0 Å². The van der Waals surface area contributed by atoms with Crippen LogP contribution in [-0.4, -0.2) is 49.3 Å². The molecule has 0 aliphatic heterocycles. The Labute approximate surface area is 155 Å². The summed E-state index contributed by atoms with van der Waals surface area (Å²) in [6.07, 6.45) is 3.25. The third-order valence-corrected chi connectivity index (χ3v) is 4.41. The highest BCUT2D eigenvalue weighted by molar-refractivity contribution is 5.85. The van der Waals surface area contributed by atoms with Crippen molar-refractivity contribution >= 4 is 11.9 Å². The molecule has 1 aliphatic rings. The Morgan fingerprint density at radius 2 is 1.88 bits per heavy atom. The Bertz CT molecular complexity index is 581. The molecule has 0 aromatic heterocycles. The number of rotatable bonds is 7. The molecule has 2 rings (SSSR count). The van der Waals surface area contributed by atoms with Gasteiger partial charge in [-0.1, -0.05) is 12.1 Å². The molecule has 1 aromatic carbocycles. The lowest BCUT2D eigenvalue weighted by molar-refractivity contribution is -0.119. The lowest BCUT2D eigenvalue weighted by atomic mass is 9.93. The third kappa shape index (κ3) is 6.92. The van der Waals surface area contributed by atoms with Gasteiger partial charge in [0, 0.05) is 19.1 Å². The molecule has 7 nitrogen and oxygen atoms in total. The van der Waals surface area contributed by atoms with Crippen molar-refractivity contribution in [1.82, 2.24) is 16.0 Å². The Balaban J connectivity index is 1.78. The second-order valence-corrected chi connectivity index (χ2v) is 6.47. The van der Waals surface area contributed by atoms with Gasteiger partial charge in [-0.15, -0.1) is 0 Å². The zero-order valence-corrected chi connectivity index (χ0v) is 15.6. The first kappa shape index (κ1) is 20.0. The van der Waals surface area contributed by atoms with Crippen LogP contribution in [0.4, 0.5) is 0 Å². The standard InChI is InChI=1S/C19H30N4O3/c1-3-20-19(23-15-6-8-16(24)9-7-15)22-13-18(25)21-12-14-4-10-17(26-2)11-5-14/h4-5,10-11,15-16,24H,3,6-9,12-13H2,1-2H3,(H,21,25)(H2,20,22,23). The molecule has 1 amide bonds. The molecule has 0 bridgehead atoms. The highest BCUT2D eigenvalue weighted by Crippen LogP contribution is 2.18. The van der Waals surface area contributed by atoms with Crippen LogP contribution in [-0.2, 0) is 11.3 Å². The lowest BCUT2D eigenvalue weighted by Gasteiger charge is -2.27. The van der Waals surface area contributed by atoms with Crippen molar-refractivity contribution in [3.63, 3.8) is 0 Å². The van der Waals surface area contributed by atoms with Crippen LogP contribution in [0, 0.1) is 0 Å². The number of ether oxygens (including phenoxy) is 1. The zero-order valence-electron chi connectivity index (χ0n) is 15.6. The number of guanidine groups is 1. The van der Waals surface area contributed by atoms with Gasteiger partial charge < -0.3 is 25.8 Å². The smallest absolute Gasteiger partial charge is 0.242 e. The highest BCUT2D eigenvalue weighted by Gasteiger charge is 2.20. The fourth-order valence-corrected chi connectivity index (χ4v) is 2.88. The van der Waals surface area contributed by atoms with Crippen LogP contribution in [0.2, 0.25) is 0 Å². The molecule has 0 heterocycles. The van der Waals surface area contributed by atoms with E-state index >= 15 is 0 Å². The quantitative estimate of drug-likeness (QED) is 0.431. The zero-order chi connectivity index (χ0) is 18.8. The topological polar surface area (TPSA) is 95.0 Å². The van der Waals surface area contributed by atoms with Crippen LogP contribution in [0.3, 0.4) is 0 Å². The SMILES string of the molecule is CCNC(=NCC(=O)NCc1ccc(OC)cc1)NC1CCC(O)CC1. The van der Waals surface area contributed by atoms with E-state index < -0.39 is 0 Å². The van der Waals surface area contributed by atoms with Crippen LogP contribution in [0.5, 0.6) is 5.75 Å². The minimum absolute atomic E-state index is 0.0703. The van der Waals surface area contributed by atoms with Crippen LogP contribution in [0.1, 0.15) is 38.2 Å². The van der Waals surface area contributed by atoms with Gasteiger partial charge >= 0.3 is 0 Å². The molecule has 4 N–H and O–H groups in total. The fourth-order valence-electron chi connectivity index (χ4n) is 2.88. The summed E-state index contributed by atoms with van der Waals surface area (Å²) in [4.78, 5) is 16.4. The normalized spacial score (nSPS) is 20.3. The first-order chi connectivity index (χ1) is 12.6. The van der Waals surface area contributed by atoms with E-state index in [2.05, 4.69) is 20.9 Å². The predicted molar refractivity (Wildman–Crippen MR) is 102 cm³/mol. The van der Waals surface area contributed by atoms with Crippen LogP contribution < -0.4 is 20.7 Å². The summed E-state index contributed by atoms with van der Waals surface area (Å²) in [5.41, 5.74) is 1.01. The first-order valence-corrected chi connectivity index (χ1v) is 9.23. The number of methoxy groups -OCH3 is 1. The number of aliphatic hydroxyl groups excluding tert-OH is 1. The summed E-state index contributed by atoms with van der Waals surface area (Å²) in [6.45, 7) is 3.25. The average molecular weight is 362 g/mol. The number of benzene rings is 1. The van der Waals surface area contributed by atoms with E-state index in [0.717, 1.165) is 43.5 Å². The predicted octanol–water partition coefficient (Wildman–Crippen LogP) is 1.17. The van der Waals surface area contributed by atoms with Gasteiger partial charge in [0.05, 0.1) is 13.2 Å². The fraction of sp³-hybridized carbons (Fsp3) is 0.579. The number of hydrogen-bond donors (Lipinski definition) is 4. The van der Waals surface area contributed by atoms with Crippen molar-refractivity contribution in [3.8, 4) is 5.75 Å². The molecule has 26 heavy (non-hydrogen) atoms. The summed E-state index contributed by atoms with van der Waals surface area (Å²) in [5, 5.41) is 19.0. The maximum absolute atomic E-state index is 12.1. The number of carbonyl (C=O) groups excluding carboxylic acids is 1. The number of amides is 1. The summed E-state index contributed by atoms with van der Waals surface area (Å²) in [5.74, 6) is 1.31. The summed E-state index contributed by atoms with van der Waals surface area (Å²) in [6, 6.07) is 7.87. The second-order valence-electron chi connectivity index (χ2n) is 6.47. The van der Waals surface area contributed by atoms with Gasteiger partial charge in [-0.3, -0.25) is 4.79 Å². The summed E-state index contributed by atoms with van der Waals surface area (Å²) in [7, 11) is 1.63. The van der Waals surface area contributed by atoms with Crippen LogP contribution in [0.15, 0.2) is 29.3 Å². The summed E-state index contributed by atoms with van der Waals surface area (Å²) < 4.78 is 5.12. The van der Waals surface area contributed by atoms with Gasteiger partial charge in [-0.2, -0.15) is 0 Å². The molecule has 0 radical (unpaired) electrons. The molecule has 1 saturated carbocycles. The van der Waals surface area contributed by atoms with E-state index in [1.54, 1.807) is 7.11 Å². The van der Waals surface area contributed by atoms with Crippen molar-refractivity contribution in [2.24, 2.45) is 4.99 Å². The van der Waals surface area contributed by atoms with E-state index in [1.807, 2.05) is 31.2 Å². The number of nitrogens with one attached hydrogen (secondary N) is 3. The lowest BCUT2D eigenvalue weighted by Crippen LogP contribution is -2.45. The molecule has 0 saturated heterocycles. The number of aliphatic imine (C=N–C) groups is 1. The van der Waals surface area contributed by atoms with E-state index in [9.17, 15) is 9.90 Å². The van der Waals surface area contributed by atoms with Gasteiger partial charge in [-0.05, 0) is 50.3 Å². The van der Waals surface area contributed by atoms with E-state index in [4.69, 9.17) is 4.74 Å². The molecular weight excluding hydrogens is 332 g/mol. The van der Waals surface area contributed by atoms with Crippen molar-refractivity contribution < 1.29 is 14.6 Å². The number of nitrogens with zero attached hydrogens (tertiary/aromatic N) is 1. The van der Waals surface area contributed by atoms with Gasteiger partial charge in [-0.25, -0.2) is 4.99 Å². The Hall–Kier alpha value is -2.28. The van der Waals surface area contributed by atoms with Gasteiger partial charge in [0.25, 0.3) is 0 Å². The van der Waals surface area contributed by atoms with Gasteiger partial charge in [0.1, 0.15) is 12.3 Å². The Morgan fingerprint density at radius 1 is 1.19 bits per heavy atom. The van der Waals surface area contributed by atoms with E-state index in [-0.39, 0.29) is 18.6 Å². The molecule has 144 valence electrons. The monoisotopic (exact) mass is 362 g/mol. The van der Waals surface area contributed by atoms with Crippen molar-refractivity contribution in [1.29, 1.82) is 0 Å². The first-order valence-electron chi connectivity index (χ1n) is 9.23. The highest BCUT2D eigenvalue weighted by atomic mass is 16.5. The van der Waals surface area contributed by atoms with Crippen molar-refractivity contribution in [3.05, 3.63) is 29.8 Å². The Kier molecular flexibility index (Phi) is 8.21. The molecule has 1 aromatic rings. The molecule has 7 heteroatoms. The minimum atomic E-state index is -0.184. The van der Waals surface area contributed by atoms with Crippen LogP contribution >= 0.6 is 0 Å². The Morgan fingerprint density at radius 3 is 2.50 bits per heavy atom. The molecule has 0 spiro atoms. The van der Waals surface area contributed by atoms with Gasteiger partial charge in [0.15, 0.2) is 5.96 Å². The second kappa shape index (κ2) is 10.7.